The summed E-state index contributed by atoms with van der Waals surface area (Å²) >= 11 is 11.9. The third-order valence-corrected chi connectivity index (χ3v) is 4.86. The van der Waals surface area contributed by atoms with Gasteiger partial charge in [-0.3, -0.25) is 4.79 Å². The molecule has 0 spiro atoms. The van der Waals surface area contributed by atoms with Crippen molar-refractivity contribution in [1.82, 2.24) is 5.32 Å². The zero-order chi connectivity index (χ0) is 15.2. The van der Waals surface area contributed by atoms with E-state index in [0.29, 0.717) is 29.3 Å². The molecule has 1 amide bonds. The number of benzene rings is 1. The predicted molar refractivity (Wildman–Crippen MR) is 79.7 cm³/mol. The van der Waals surface area contributed by atoms with Crippen LogP contribution in [0.2, 0.25) is 10.0 Å². The molecule has 21 heavy (non-hydrogen) atoms. The molecule has 2 aliphatic rings. The van der Waals surface area contributed by atoms with Crippen LogP contribution in [0.4, 0.5) is 0 Å². The molecule has 2 N–H and O–H groups in total. The summed E-state index contributed by atoms with van der Waals surface area (Å²) in [6.45, 7) is 0. The molecule has 0 aliphatic heterocycles. The molecule has 0 unspecified atom stereocenters. The van der Waals surface area contributed by atoms with Crippen molar-refractivity contribution in [2.45, 2.75) is 37.1 Å². The van der Waals surface area contributed by atoms with Gasteiger partial charge in [-0.25, -0.2) is 4.79 Å². The zero-order valence-electron chi connectivity index (χ0n) is 11.2. The topological polar surface area (TPSA) is 66.4 Å². The van der Waals surface area contributed by atoms with E-state index in [1.54, 1.807) is 6.07 Å². The number of carbonyl (C=O) groups is 2. The Hall–Kier alpha value is -1.26. The fraction of sp³-hybridized carbons (Fsp3) is 0.467. The van der Waals surface area contributed by atoms with Crippen LogP contribution in [0, 0.1) is 5.92 Å². The highest BCUT2D eigenvalue weighted by Crippen LogP contribution is 2.49. The van der Waals surface area contributed by atoms with Gasteiger partial charge in [0.05, 0.1) is 0 Å². The highest BCUT2D eigenvalue weighted by atomic mass is 35.5. The summed E-state index contributed by atoms with van der Waals surface area (Å²) in [5.41, 5.74) is -0.110. The van der Waals surface area contributed by atoms with E-state index in [0.717, 1.165) is 12.0 Å². The van der Waals surface area contributed by atoms with Crippen molar-refractivity contribution < 1.29 is 14.7 Å². The number of amides is 1. The van der Waals surface area contributed by atoms with E-state index in [1.165, 1.54) is 0 Å². The van der Waals surface area contributed by atoms with Crippen molar-refractivity contribution >= 4 is 35.1 Å². The Morgan fingerprint density at radius 3 is 2.29 bits per heavy atom. The maximum absolute atomic E-state index is 12.2. The molecule has 0 heterocycles. The highest BCUT2D eigenvalue weighted by Gasteiger charge is 2.51. The molecule has 0 radical (unpaired) electrons. The first kappa shape index (κ1) is 14.7. The van der Waals surface area contributed by atoms with Gasteiger partial charge in [-0.2, -0.15) is 0 Å². The summed E-state index contributed by atoms with van der Waals surface area (Å²) in [6, 6.07) is 5.27. The second kappa shape index (κ2) is 5.18. The molecule has 2 atom stereocenters. The highest BCUT2D eigenvalue weighted by molar-refractivity contribution is 6.34. The Kier molecular flexibility index (Phi) is 3.62. The van der Waals surface area contributed by atoms with E-state index in [1.807, 2.05) is 12.1 Å². The first-order valence-corrected chi connectivity index (χ1v) is 7.68. The third kappa shape index (κ3) is 2.74. The summed E-state index contributed by atoms with van der Waals surface area (Å²) in [7, 11) is 0. The Morgan fingerprint density at radius 1 is 1.19 bits per heavy atom. The molecule has 112 valence electrons. The molecular weight excluding hydrogens is 313 g/mol. The van der Waals surface area contributed by atoms with E-state index in [2.05, 4.69) is 5.32 Å². The fourth-order valence-corrected chi connectivity index (χ4v) is 3.44. The van der Waals surface area contributed by atoms with E-state index in [4.69, 9.17) is 23.2 Å². The first-order chi connectivity index (χ1) is 9.91. The minimum atomic E-state index is -1.05. The number of nitrogens with one attached hydrogen (secondary N) is 1. The van der Waals surface area contributed by atoms with Crippen molar-refractivity contribution in [3.8, 4) is 0 Å². The lowest BCUT2D eigenvalue weighted by atomic mass is 9.76. The van der Waals surface area contributed by atoms with Crippen LogP contribution in [0.1, 0.15) is 37.2 Å². The summed E-state index contributed by atoms with van der Waals surface area (Å²) in [4.78, 5) is 23.5. The number of hydrogen-bond acceptors (Lipinski definition) is 2. The molecule has 0 bridgehead atoms. The van der Waals surface area contributed by atoms with Crippen LogP contribution < -0.4 is 5.32 Å². The van der Waals surface area contributed by atoms with Gasteiger partial charge in [-0.05, 0) is 55.4 Å². The predicted octanol–water partition coefficient (Wildman–Crippen LogP) is 3.22. The second-order valence-electron chi connectivity index (χ2n) is 5.88. The summed E-state index contributed by atoms with van der Waals surface area (Å²) in [6.07, 6.45) is 2.56. The van der Waals surface area contributed by atoms with Crippen molar-refractivity contribution in [3.63, 3.8) is 0 Å². The number of hydrogen-bond donors (Lipinski definition) is 2. The molecule has 1 aromatic rings. The van der Waals surface area contributed by atoms with Gasteiger partial charge in [0, 0.05) is 16.0 Å². The molecule has 2 saturated carbocycles. The maximum Gasteiger partial charge on any atom is 0.329 e. The molecule has 0 aromatic heterocycles. The van der Waals surface area contributed by atoms with Crippen molar-refractivity contribution in [1.29, 1.82) is 0 Å². The third-order valence-electron chi connectivity index (χ3n) is 4.42. The van der Waals surface area contributed by atoms with Crippen LogP contribution in [-0.4, -0.2) is 22.5 Å². The summed E-state index contributed by atoms with van der Waals surface area (Å²) in [5, 5.41) is 13.0. The molecular formula is C15H15Cl2NO3. The summed E-state index contributed by atoms with van der Waals surface area (Å²) < 4.78 is 0. The number of carboxylic acids is 1. The standard InChI is InChI=1S/C15H15Cl2NO3/c16-9-4-8(5-10(17)6-9)11-7-12(11)13(19)18-15(14(20)21)2-1-3-15/h4-6,11-12H,1-3,7H2,(H,18,19)(H,20,21)/t11-,12+/m1/s1. The van der Waals surface area contributed by atoms with Gasteiger partial charge in [0.1, 0.15) is 5.54 Å². The largest absolute Gasteiger partial charge is 0.480 e. The first-order valence-electron chi connectivity index (χ1n) is 6.93. The SMILES string of the molecule is O=C(NC1(C(=O)O)CCC1)[C@H]1C[C@@H]1c1cc(Cl)cc(Cl)c1. The maximum atomic E-state index is 12.2. The summed E-state index contributed by atoms with van der Waals surface area (Å²) in [5.74, 6) is -1.23. The van der Waals surface area contributed by atoms with E-state index in [-0.39, 0.29) is 17.7 Å². The van der Waals surface area contributed by atoms with Crippen molar-refractivity contribution in [3.05, 3.63) is 33.8 Å². The number of carbonyl (C=O) groups excluding carboxylic acids is 1. The van der Waals surface area contributed by atoms with Crippen LogP contribution in [0.25, 0.3) is 0 Å². The van der Waals surface area contributed by atoms with E-state index >= 15 is 0 Å². The Morgan fingerprint density at radius 2 is 1.81 bits per heavy atom. The number of aliphatic carboxylic acids is 1. The zero-order valence-corrected chi connectivity index (χ0v) is 12.7. The average molecular weight is 328 g/mol. The average Bonchev–Trinajstić information content (AvgIpc) is 3.12. The molecule has 2 aliphatic carbocycles. The number of carboxylic acid groups (broad SMARTS) is 1. The lowest BCUT2D eigenvalue weighted by Crippen LogP contribution is -2.59. The number of rotatable bonds is 4. The minimum Gasteiger partial charge on any atom is -0.480 e. The van der Waals surface area contributed by atoms with Gasteiger partial charge in [0.15, 0.2) is 0 Å². The van der Waals surface area contributed by atoms with Gasteiger partial charge in [-0.1, -0.05) is 23.2 Å². The molecule has 3 rings (SSSR count). The van der Waals surface area contributed by atoms with Gasteiger partial charge >= 0.3 is 5.97 Å². The van der Waals surface area contributed by atoms with Crippen molar-refractivity contribution in [2.75, 3.05) is 0 Å². The molecule has 1 aromatic carbocycles. The monoisotopic (exact) mass is 327 g/mol. The molecule has 6 heteroatoms. The molecule has 2 fully saturated rings. The Bertz CT molecular complexity index is 593. The molecule has 4 nitrogen and oxygen atoms in total. The quantitative estimate of drug-likeness (QED) is 0.892. The second-order valence-corrected chi connectivity index (χ2v) is 6.75. The Balaban J connectivity index is 1.67. The van der Waals surface area contributed by atoms with E-state index < -0.39 is 11.5 Å². The smallest absolute Gasteiger partial charge is 0.329 e. The normalized spacial score (nSPS) is 25.8. The minimum absolute atomic E-state index is 0.0760. The van der Waals surface area contributed by atoms with Crippen LogP contribution >= 0.6 is 23.2 Å². The number of halogens is 2. The molecule has 0 saturated heterocycles. The van der Waals surface area contributed by atoms with Crippen LogP contribution in [0.15, 0.2) is 18.2 Å². The van der Waals surface area contributed by atoms with E-state index in [9.17, 15) is 14.7 Å². The van der Waals surface area contributed by atoms with Crippen LogP contribution in [0.5, 0.6) is 0 Å². The lowest BCUT2D eigenvalue weighted by molar-refractivity contribution is -0.152. The van der Waals surface area contributed by atoms with Gasteiger partial charge in [0.2, 0.25) is 5.91 Å². The van der Waals surface area contributed by atoms with Crippen LogP contribution in [-0.2, 0) is 9.59 Å². The van der Waals surface area contributed by atoms with Crippen molar-refractivity contribution in [2.24, 2.45) is 5.92 Å². The van der Waals surface area contributed by atoms with Gasteiger partial charge < -0.3 is 10.4 Å². The lowest BCUT2D eigenvalue weighted by Gasteiger charge is -2.38. The van der Waals surface area contributed by atoms with Gasteiger partial charge in [0.25, 0.3) is 0 Å². The van der Waals surface area contributed by atoms with Gasteiger partial charge in [-0.15, -0.1) is 0 Å². The van der Waals surface area contributed by atoms with Crippen LogP contribution in [0.3, 0.4) is 0 Å². The Labute approximate surface area is 132 Å². The fourth-order valence-electron chi connectivity index (χ4n) is 2.89.